The summed E-state index contributed by atoms with van der Waals surface area (Å²) in [5, 5.41) is 0. The molecule has 1 aromatic carbocycles. The zero-order valence-corrected chi connectivity index (χ0v) is 7.36. The summed E-state index contributed by atoms with van der Waals surface area (Å²) in [6, 6.07) is 8.08. The molecule has 1 nitrogen and oxygen atoms in total. The summed E-state index contributed by atoms with van der Waals surface area (Å²) in [6.45, 7) is 0. The first kappa shape index (κ1) is 8.60. The van der Waals surface area contributed by atoms with Crippen LogP contribution in [0.2, 0.25) is 0 Å². The smallest absolute Gasteiger partial charge is 0.130 e. The normalized spacial score (nSPS) is 12.7. The predicted molar refractivity (Wildman–Crippen MR) is 39.9 cm³/mol. The first-order valence-electron chi connectivity index (χ1n) is 3.36. The minimum Gasteiger partial charge on any atom is -0.465 e. The van der Waals surface area contributed by atoms with E-state index in [-0.39, 0.29) is 22.4 Å². The van der Waals surface area contributed by atoms with Gasteiger partial charge in [-0.1, -0.05) is 18.2 Å². The van der Waals surface area contributed by atoms with Gasteiger partial charge in [-0.15, -0.1) is 0 Å². The molecule has 0 saturated carbocycles. The van der Waals surface area contributed by atoms with E-state index in [1.807, 2.05) is 24.3 Å². The SMILES string of the molecule is C1=COc2ccccc2C1.[Ag]. The number of hydrogen-bond acceptors (Lipinski definition) is 1. The molecular weight excluding hydrogens is 232 g/mol. The van der Waals surface area contributed by atoms with E-state index < -0.39 is 0 Å². The quantitative estimate of drug-likeness (QED) is 0.631. The van der Waals surface area contributed by atoms with E-state index in [0.29, 0.717) is 0 Å². The number of allylic oxidation sites excluding steroid dienone is 1. The van der Waals surface area contributed by atoms with E-state index in [1.165, 1.54) is 5.56 Å². The average molecular weight is 240 g/mol. The van der Waals surface area contributed by atoms with Crippen molar-refractivity contribution in [3.63, 3.8) is 0 Å². The number of hydrogen-bond donors (Lipinski definition) is 0. The summed E-state index contributed by atoms with van der Waals surface area (Å²) in [4.78, 5) is 0. The van der Waals surface area contributed by atoms with Gasteiger partial charge in [0.05, 0.1) is 6.26 Å². The van der Waals surface area contributed by atoms with E-state index in [4.69, 9.17) is 4.74 Å². The number of para-hydroxylation sites is 1. The summed E-state index contributed by atoms with van der Waals surface area (Å²) < 4.78 is 5.24. The van der Waals surface area contributed by atoms with E-state index in [1.54, 1.807) is 6.26 Å². The Labute approximate surface area is 81.6 Å². The third-order valence-electron chi connectivity index (χ3n) is 1.60. The van der Waals surface area contributed by atoms with E-state index in [9.17, 15) is 0 Å². The summed E-state index contributed by atoms with van der Waals surface area (Å²) in [5.74, 6) is 0.991. The second kappa shape index (κ2) is 3.77. The summed E-state index contributed by atoms with van der Waals surface area (Å²) >= 11 is 0. The molecule has 0 aromatic heterocycles. The number of rotatable bonds is 0. The third-order valence-corrected chi connectivity index (χ3v) is 1.60. The van der Waals surface area contributed by atoms with Crippen molar-refractivity contribution < 1.29 is 27.1 Å². The van der Waals surface area contributed by atoms with Crippen LogP contribution in [-0.2, 0) is 28.8 Å². The minimum absolute atomic E-state index is 0. The van der Waals surface area contributed by atoms with Crippen molar-refractivity contribution in [3.05, 3.63) is 42.2 Å². The van der Waals surface area contributed by atoms with Crippen molar-refractivity contribution in [2.75, 3.05) is 0 Å². The van der Waals surface area contributed by atoms with Crippen LogP contribution in [0.3, 0.4) is 0 Å². The van der Waals surface area contributed by atoms with Gasteiger partial charge in [0.25, 0.3) is 0 Å². The molecule has 11 heavy (non-hydrogen) atoms. The Kier molecular flexibility index (Phi) is 2.94. The zero-order chi connectivity index (χ0) is 6.81. The number of ether oxygens (including phenoxy) is 1. The van der Waals surface area contributed by atoms with Crippen molar-refractivity contribution in [3.8, 4) is 5.75 Å². The van der Waals surface area contributed by atoms with Gasteiger partial charge in [-0.3, -0.25) is 0 Å². The maximum Gasteiger partial charge on any atom is 0.130 e. The fraction of sp³-hybridized carbons (Fsp3) is 0.111. The van der Waals surface area contributed by atoms with Crippen LogP contribution in [0.25, 0.3) is 0 Å². The Bertz CT molecular complexity index is 241. The van der Waals surface area contributed by atoms with Gasteiger partial charge in [-0.2, -0.15) is 0 Å². The number of fused-ring (bicyclic) bond motifs is 1. The molecule has 1 aromatic rings. The first-order chi connectivity index (χ1) is 4.97. The molecule has 2 rings (SSSR count). The van der Waals surface area contributed by atoms with Crippen LogP contribution in [0, 0.1) is 0 Å². The van der Waals surface area contributed by atoms with Crippen molar-refractivity contribution in [2.24, 2.45) is 0 Å². The van der Waals surface area contributed by atoms with Crippen molar-refractivity contribution in [2.45, 2.75) is 6.42 Å². The molecule has 0 saturated heterocycles. The maximum atomic E-state index is 5.24. The van der Waals surface area contributed by atoms with Gasteiger partial charge in [-0.05, 0) is 24.1 Å². The molecule has 1 aliphatic rings. The Morgan fingerprint density at radius 1 is 1.18 bits per heavy atom. The van der Waals surface area contributed by atoms with Crippen molar-refractivity contribution in [1.82, 2.24) is 0 Å². The molecule has 0 bridgehead atoms. The van der Waals surface area contributed by atoms with Gasteiger partial charge in [0.2, 0.25) is 0 Å². The van der Waals surface area contributed by atoms with Gasteiger partial charge in [-0.25, -0.2) is 0 Å². The Morgan fingerprint density at radius 3 is 2.82 bits per heavy atom. The van der Waals surface area contributed by atoms with Crippen molar-refractivity contribution >= 4 is 0 Å². The molecule has 0 atom stereocenters. The zero-order valence-electron chi connectivity index (χ0n) is 5.88. The second-order valence-corrected chi connectivity index (χ2v) is 2.30. The molecule has 1 heterocycles. The fourth-order valence-corrected chi connectivity index (χ4v) is 1.08. The van der Waals surface area contributed by atoms with Gasteiger partial charge in [0.15, 0.2) is 0 Å². The van der Waals surface area contributed by atoms with Crippen LogP contribution >= 0.6 is 0 Å². The molecule has 0 N–H and O–H groups in total. The first-order valence-corrected chi connectivity index (χ1v) is 3.36. The monoisotopic (exact) mass is 239 g/mol. The summed E-state index contributed by atoms with van der Waals surface area (Å²) in [6.07, 6.45) is 4.75. The summed E-state index contributed by atoms with van der Waals surface area (Å²) in [5.41, 5.74) is 1.27. The van der Waals surface area contributed by atoms with Crippen molar-refractivity contribution in [1.29, 1.82) is 0 Å². The van der Waals surface area contributed by atoms with E-state index >= 15 is 0 Å². The van der Waals surface area contributed by atoms with Crippen LogP contribution in [-0.4, -0.2) is 0 Å². The molecule has 0 unspecified atom stereocenters. The fourth-order valence-electron chi connectivity index (χ4n) is 1.08. The van der Waals surface area contributed by atoms with Gasteiger partial charge in [0.1, 0.15) is 5.75 Å². The predicted octanol–water partition coefficient (Wildman–Crippen LogP) is 2.13. The Morgan fingerprint density at radius 2 is 2.00 bits per heavy atom. The average Bonchev–Trinajstić information content (AvgIpc) is 2.05. The van der Waals surface area contributed by atoms with Gasteiger partial charge < -0.3 is 4.74 Å². The third kappa shape index (κ3) is 1.75. The minimum atomic E-state index is 0. The topological polar surface area (TPSA) is 9.23 Å². The van der Waals surface area contributed by atoms with E-state index in [2.05, 4.69) is 6.07 Å². The molecule has 0 aliphatic carbocycles. The maximum absolute atomic E-state index is 5.24. The number of benzene rings is 1. The second-order valence-electron chi connectivity index (χ2n) is 2.30. The van der Waals surface area contributed by atoms with Gasteiger partial charge >= 0.3 is 0 Å². The van der Waals surface area contributed by atoms with Gasteiger partial charge in [0, 0.05) is 22.4 Å². The molecule has 1 radical (unpaired) electrons. The van der Waals surface area contributed by atoms with E-state index in [0.717, 1.165) is 12.2 Å². The molecule has 0 spiro atoms. The van der Waals surface area contributed by atoms with Crippen LogP contribution in [0.1, 0.15) is 5.56 Å². The molecule has 2 heteroatoms. The molecule has 0 fully saturated rings. The van der Waals surface area contributed by atoms with Crippen LogP contribution in [0.4, 0.5) is 0 Å². The summed E-state index contributed by atoms with van der Waals surface area (Å²) in [7, 11) is 0. The Hall–Kier alpha value is -0.500. The van der Waals surface area contributed by atoms with Crippen LogP contribution in [0.5, 0.6) is 5.75 Å². The molecule has 0 amide bonds. The largest absolute Gasteiger partial charge is 0.465 e. The van der Waals surface area contributed by atoms with Crippen LogP contribution in [0.15, 0.2) is 36.6 Å². The standard InChI is InChI=1S/C9H8O.Ag/c1-2-6-9-8(4-1)5-3-7-10-9;/h1-4,6-7H,5H2;. The Balaban J connectivity index is 0.000000605. The van der Waals surface area contributed by atoms with Crippen LogP contribution < -0.4 is 4.74 Å². The molecule has 61 valence electrons. The molecular formula is C9H8AgO. The molecule has 1 aliphatic heterocycles.